The van der Waals surface area contributed by atoms with E-state index in [-0.39, 0.29) is 37.3 Å². The first kappa shape index (κ1) is 33.2. The number of rotatable bonds is 13. The van der Waals surface area contributed by atoms with Gasteiger partial charge in [0.05, 0.1) is 18.3 Å². The lowest BCUT2D eigenvalue weighted by Crippen LogP contribution is -2.47. The fourth-order valence-electron chi connectivity index (χ4n) is 5.26. The van der Waals surface area contributed by atoms with Crippen LogP contribution in [0.15, 0.2) is 66.9 Å². The number of benzene rings is 2. The van der Waals surface area contributed by atoms with Gasteiger partial charge in [0.1, 0.15) is 17.5 Å². The standard InChI is InChI=1S/C33H38F2N6O4/c1-33(2,3)31(41(16-7-15-36)30(45)19-37-27(42)14-17-40-28(43)12-13-29(40)44)32-38-26(24-18-23(34)10-11-25(24)35)21-39(32)20-22-8-5-4-6-9-22/h4-6,8-13,18,21,31H,7,14-17,19-20,36H2,1-3H3,(H,37,42). The number of nitrogens with zero attached hydrogens (tertiary/aromatic N) is 4. The molecule has 1 unspecified atom stereocenters. The van der Waals surface area contributed by atoms with Gasteiger partial charge in [0, 0.05) is 50.0 Å². The van der Waals surface area contributed by atoms with E-state index >= 15 is 0 Å². The van der Waals surface area contributed by atoms with E-state index in [4.69, 9.17) is 10.7 Å². The number of imide groups is 1. The van der Waals surface area contributed by atoms with Crippen molar-refractivity contribution in [3.8, 4) is 11.3 Å². The van der Waals surface area contributed by atoms with Gasteiger partial charge in [0.15, 0.2) is 0 Å². The van der Waals surface area contributed by atoms with Gasteiger partial charge in [-0.05, 0) is 42.1 Å². The second-order valence-corrected chi connectivity index (χ2v) is 11.9. The molecule has 0 spiro atoms. The van der Waals surface area contributed by atoms with E-state index in [1.807, 2.05) is 55.7 Å². The lowest BCUT2D eigenvalue weighted by Gasteiger charge is -2.40. The van der Waals surface area contributed by atoms with Gasteiger partial charge >= 0.3 is 0 Å². The molecule has 0 bridgehead atoms. The summed E-state index contributed by atoms with van der Waals surface area (Å²) in [5, 5.41) is 2.60. The molecule has 0 radical (unpaired) electrons. The van der Waals surface area contributed by atoms with Crippen molar-refractivity contribution < 1.29 is 28.0 Å². The van der Waals surface area contributed by atoms with Crippen LogP contribution in [0.25, 0.3) is 11.3 Å². The summed E-state index contributed by atoms with van der Waals surface area (Å²) in [6.45, 7) is 6.28. The van der Waals surface area contributed by atoms with Gasteiger partial charge in [0.2, 0.25) is 11.8 Å². The van der Waals surface area contributed by atoms with Gasteiger partial charge in [-0.3, -0.25) is 24.1 Å². The van der Waals surface area contributed by atoms with Crippen LogP contribution in [0, 0.1) is 17.0 Å². The first-order valence-electron chi connectivity index (χ1n) is 14.7. The minimum atomic E-state index is -0.659. The molecule has 4 amide bonds. The molecule has 10 nitrogen and oxygen atoms in total. The normalized spacial score (nSPS) is 13.8. The predicted molar refractivity (Wildman–Crippen MR) is 164 cm³/mol. The average Bonchev–Trinajstić information content (AvgIpc) is 3.55. The van der Waals surface area contributed by atoms with Crippen molar-refractivity contribution in [1.29, 1.82) is 0 Å². The fraction of sp³-hybridized carbons (Fsp3) is 0.364. The highest BCUT2D eigenvalue weighted by molar-refractivity contribution is 6.13. The third-order valence-corrected chi connectivity index (χ3v) is 7.41. The van der Waals surface area contributed by atoms with Gasteiger partial charge in [-0.25, -0.2) is 13.8 Å². The van der Waals surface area contributed by atoms with Crippen LogP contribution in [0.1, 0.15) is 51.0 Å². The number of hydrogen-bond donors (Lipinski definition) is 2. The smallest absolute Gasteiger partial charge is 0.253 e. The Morgan fingerprint density at radius 2 is 1.73 bits per heavy atom. The first-order valence-corrected chi connectivity index (χ1v) is 14.7. The van der Waals surface area contributed by atoms with E-state index < -0.39 is 46.7 Å². The summed E-state index contributed by atoms with van der Waals surface area (Å²) in [7, 11) is 0. The Morgan fingerprint density at radius 3 is 2.38 bits per heavy atom. The van der Waals surface area contributed by atoms with Crippen LogP contribution >= 0.6 is 0 Å². The van der Waals surface area contributed by atoms with Crippen LogP contribution in [0.5, 0.6) is 0 Å². The highest BCUT2D eigenvalue weighted by atomic mass is 19.1. The highest BCUT2D eigenvalue weighted by Crippen LogP contribution is 2.39. The average molecular weight is 621 g/mol. The molecule has 4 rings (SSSR count). The maximum atomic E-state index is 14.9. The highest BCUT2D eigenvalue weighted by Gasteiger charge is 2.38. The van der Waals surface area contributed by atoms with Crippen molar-refractivity contribution in [2.24, 2.45) is 11.1 Å². The predicted octanol–water partition coefficient (Wildman–Crippen LogP) is 3.57. The summed E-state index contributed by atoms with van der Waals surface area (Å²) in [4.78, 5) is 57.4. The molecule has 12 heteroatoms. The zero-order valence-electron chi connectivity index (χ0n) is 25.6. The molecule has 1 atom stereocenters. The second kappa shape index (κ2) is 14.4. The summed E-state index contributed by atoms with van der Waals surface area (Å²) in [5.74, 6) is -2.67. The molecule has 45 heavy (non-hydrogen) atoms. The Balaban J connectivity index is 1.66. The van der Waals surface area contributed by atoms with Gasteiger partial charge in [-0.1, -0.05) is 51.1 Å². The summed E-state index contributed by atoms with van der Waals surface area (Å²) < 4.78 is 31.0. The number of hydrogen-bond acceptors (Lipinski definition) is 6. The number of amides is 4. The second-order valence-electron chi connectivity index (χ2n) is 11.9. The largest absolute Gasteiger partial charge is 0.347 e. The molecule has 0 saturated heterocycles. The number of nitrogens with two attached hydrogens (primary N) is 1. The van der Waals surface area contributed by atoms with E-state index in [9.17, 15) is 28.0 Å². The van der Waals surface area contributed by atoms with Crippen LogP contribution in [0.2, 0.25) is 0 Å². The Morgan fingerprint density at radius 1 is 1.04 bits per heavy atom. The molecule has 0 fully saturated rings. The van der Waals surface area contributed by atoms with E-state index in [0.29, 0.717) is 25.3 Å². The van der Waals surface area contributed by atoms with Crippen LogP contribution < -0.4 is 11.1 Å². The third-order valence-electron chi connectivity index (χ3n) is 7.41. The fourth-order valence-corrected chi connectivity index (χ4v) is 5.26. The molecule has 2 heterocycles. The zero-order chi connectivity index (χ0) is 32.7. The Hall–Kier alpha value is -4.71. The third kappa shape index (κ3) is 8.27. The quantitative estimate of drug-likeness (QED) is 0.281. The monoisotopic (exact) mass is 620 g/mol. The molecule has 1 aliphatic heterocycles. The topological polar surface area (TPSA) is 131 Å². The minimum absolute atomic E-state index is 0.00650. The number of carbonyl (C=O) groups is 4. The van der Waals surface area contributed by atoms with Crippen LogP contribution in [-0.4, -0.2) is 69.2 Å². The minimum Gasteiger partial charge on any atom is -0.347 e. The summed E-state index contributed by atoms with van der Waals surface area (Å²) in [5.41, 5.74) is 6.39. The van der Waals surface area contributed by atoms with Crippen molar-refractivity contribution in [2.45, 2.75) is 46.2 Å². The molecule has 3 aromatic rings. The van der Waals surface area contributed by atoms with Crippen molar-refractivity contribution >= 4 is 23.6 Å². The van der Waals surface area contributed by atoms with Crippen molar-refractivity contribution in [2.75, 3.05) is 26.2 Å². The number of aromatic nitrogens is 2. The van der Waals surface area contributed by atoms with Crippen LogP contribution in [0.4, 0.5) is 8.78 Å². The maximum Gasteiger partial charge on any atom is 0.253 e. The molecule has 0 aliphatic carbocycles. The molecule has 1 aliphatic rings. The first-order chi connectivity index (χ1) is 21.4. The van der Waals surface area contributed by atoms with Gasteiger partial charge < -0.3 is 20.5 Å². The summed E-state index contributed by atoms with van der Waals surface area (Å²) in [6.07, 6.45) is 4.23. The molecule has 1 aromatic heterocycles. The SMILES string of the molecule is CC(C)(C)C(c1nc(-c2cc(F)ccc2F)cn1Cc1ccccc1)N(CCCN)C(=O)CNC(=O)CCN1C(=O)C=CC1=O. The van der Waals surface area contributed by atoms with E-state index in [1.54, 1.807) is 11.1 Å². The Kier molecular flexibility index (Phi) is 10.6. The van der Waals surface area contributed by atoms with E-state index in [2.05, 4.69) is 5.32 Å². The van der Waals surface area contributed by atoms with Crippen molar-refractivity contribution in [3.63, 3.8) is 0 Å². The van der Waals surface area contributed by atoms with Crippen LogP contribution in [-0.2, 0) is 25.7 Å². The van der Waals surface area contributed by atoms with Gasteiger partial charge in [0.25, 0.3) is 11.8 Å². The summed E-state index contributed by atoms with van der Waals surface area (Å²) in [6, 6.07) is 12.1. The lowest BCUT2D eigenvalue weighted by atomic mass is 9.84. The summed E-state index contributed by atoms with van der Waals surface area (Å²) >= 11 is 0. The zero-order valence-corrected chi connectivity index (χ0v) is 25.6. The Bertz CT molecular complexity index is 1560. The number of nitrogens with one attached hydrogen (secondary N) is 1. The van der Waals surface area contributed by atoms with Crippen molar-refractivity contribution in [1.82, 2.24) is 24.7 Å². The molecule has 238 valence electrons. The van der Waals surface area contributed by atoms with E-state index in [1.165, 1.54) is 0 Å². The van der Waals surface area contributed by atoms with Gasteiger partial charge in [-0.15, -0.1) is 0 Å². The number of halogens is 2. The Labute approximate surface area is 260 Å². The number of carbonyl (C=O) groups excluding carboxylic acids is 4. The molecular weight excluding hydrogens is 582 g/mol. The molecule has 3 N–H and O–H groups in total. The van der Waals surface area contributed by atoms with Crippen LogP contribution in [0.3, 0.4) is 0 Å². The van der Waals surface area contributed by atoms with Crippen molar-refractivity contribution in [3.05, 3.63) is 89.9 Å². The van der Waals surface area contributed by atoms with E-state index in [0.717, 1.165) is 40.8 Å². The van der Waals surface area contributed by atoms with Gasteiger partial charge in [-0.2, -0.15) is 0 Å². The lowest BCUT2D eigenvalue weighted by molar-refractivity contribution is -0.139. The molecule has 2 aromatic carbocycles. The molecule has 0 saturated carbocycles. The number of imidazole rings is 1. The molecular formula is C33H38F2N6O4. The maximum absolute atomic E-state index is 14.9.